The number of aromatic nitrogens is 2. The summed E-state index contributed by atoms with van der Waals surface area (Å²) < 4.78 is 0. The zero-order valence-corrected chi connectivity index (χ0v) is 13.6. The van der Waals surface area contributed by atoms with Gasteiger partial charge in [-0.3, -0.25) is 4.79 Å². The Morgan fingerprint density at radius 3 is 2.30 bits per heavy atom. The summed E-state index contributed by atoms with van der Waals surface area (Å²) >= 11 is 0. The minimum atomic E-state index is -0.235. The Morgan fingerprint density at radius 1 is 1.04 bits per heavy atom. The lowest BCUT2D eigenvalue weighted by atomic mass is 10.1. The zero-order valence-electron chi connectivity index (χ0n) is 13.6. The Balaban J connectivity index is 1.65. The summed E-state index contributed by atoms with van der Waals surface area (Å²) in [5.74, 6) is 0.0690. The third kappa shape index (κ3) is 3.67. The highest BCUT2D eigenvalue weighted by Gasteiger charge is 2.13. The molecule has 120 valence electrons. The van der Waals surface area contributed by atoms with Crippen LogP contribution in [0.1, 0.15) is 48.8 Å². The van der Waals surface area contributed by atoms with Crippen molar-refractivity contribution in [1.29, 1.82) is 0 Å². The number of hydrogen-bond acceptors (Lipinski definition) is 4. The largest absolute Gasteiger partial charge is 0.372 e. The average Bonchev–Trinajstić information content (AvgIpc) is 3.10. The van der Waals surface area contributed by atoms with Gasteiger partial charge in [0, 0.05) is 24.5 Å². The first kappa shape index (κ1) is 15.5. The van der Waals surface area contributed by atoms with Gasteiger partial charge in [0.25, 0.3) is 5.91 Å². The van der Waals surface area contributed by atoms with Crippen LogP contribution in [0.25, 0.3) is 0 Å². The van der Waals surface area contributed by atoms with E-state index in [1.165, 1.54) is 18.5 Å². The molecule has 1 aromatic carbocycles. The van der Waals surface area contributed by atoms with Gasteiger partial charge in [0.1, 0.15) is 0 Å². The molecule has 5 nitrogen and oxygen atoms in total. The molecule has 23 heavy (non-hydrogen) atoms. The van der Waals surface area contributed by atoms with Gasteiger partial charge in [-0.1, -0.05) is 13.8 Å². The van der Waals surface area contributed by atoms with E-state index < -0.39 is 0 Å². The summed E-state index contributed by atoms with van der Waals surface area (Å²) in [4.78, 5) is 14.6. The number of benzene rings is 1. The van der Waals surface area contributed by atoms with Gasteiger partial charge < -0.3 is 10.2 Å². The fourth-order valence-electron chi connectivity index (χ4n) is 2.70. The number of nitrogens with one attached hydrogen (secondary N) is 1. The number of nitrogens with zero attached hydrogens (tertiary/aromatic N) is 3. The van der Waals surface area contributed by atoms with Crippen molar-refractivity contribution >= 4 is 17.3 Å². The molecule has 0 atom stereocenters. The smallest absolute Gasteiger partial charge is 0.276 e. The fraction of sp³-hybridized carbons (Fsp3) is 0.389. The van der Waals surface area contributed by atoms with Crippen LogP contribution in [-0.4, -0.2) is 29.2 Å². The molecule has 1 amide bonds. The summed E-state index contributed by atoms with van der Waals surface area (Å²) in [6.07, 6.45) is 2.51. The fourth-order valence-corrected chi connectivity index (χ4v) is 2.70. The molecule has 1 saturated heterocycles. The highest BCUT2D eigenvalue weighted by Crippen LogP contribution is 2.22. The predicted molar refractivity (Wildman–Crippen MR) is 92.0 cm³/mol. The van der Waals surface area contributed by atoms with E-state index in [0.717, 1.165) is 24.5 Å². The molecule has 3 rings (SSSR count). The van der Waals surface area contributed by atoms with Crippen molar-refractivity contribution in [3.05, 3.63) is 47.8 Å². The molecule has 0 unspecified atom stereocenters. The Morgan fingerprint density at radius 2 is 1.74 bits per heavy atom. The Hall–Kier alpha value is -2.43. The van der Waals surface area contributed by atoms with Crippen molar-refractivity contribution in [2.45, 2.75) is 32.6 Å². The lowest BCUT2D eigenvalue weighted by Gasteiger charge is -2.17. The molecule has 0 radical (unpaired) electrons. The van der Waals surface area contributed by atoms with Gasteiger partial charge in [-0.2, -0.15) is 5.10 Å². The van der Waals surface area contributed by atoms with Crippen molar-refractivity contribution in [2.75, 3.05) is 23.3 Å². The minimum absolute atomic E-state index is 0.235. The Kier molecular flexibility index (Phi) is 4.55. The van der Waals surface area contributed by atoms with Crippen molar-refractivity contribution in [2.24, 2.45) is 0 Å². The van der Waals surface area contributed by atoms with Gasteiger partial charge in [-0.05, 0) is 55.2 Å². The molecular weight excluding hydrogens is 288 g/mol. The van der Waals surface area contributed by atoms with E-state index in [1.54, 1.807) is 6.07 Å². The molecule has 0 saturated carbocycles. The van der Waals surface area contributed by atoms with Crippen LogP contribution in [0, 0.1) is 0 Å². The van der Waals surface area contributed by atoms with Crippen LogP contribution in [0.3, 0.4) is 0 Å². The first-order valence-corrected chi connectivity index (χ1v) is 8.13. The molecule has 1 aliphatic heterocycles. The SMILES string of the molecule is CC(C)c1ccc(C(=O)Nc2ccc(N3CCCC3)cc2)nn1. The van der Waals surface area contributed by atoms with E-state index >= 15 is 0 Å². The Bertz CT molecular complexity index is 658. The normalized spacial score (nSPS) is 14.3. The maximum atomic E-state index is 12.2. The third-order valence-electron chi connectivity index (χ3n) is 4.11. The number of hydrogen-bond donors (Lipinski definition) is 1. The lowest BCUT2D eigenvalue weighted by molar-refractivity contribution is 0.102. The van der Waals surface area contributed by atoms with Crippen molar-refractivity contribution < 1.29 is 4.79 Å². The molecular formula is C18H22N4O. The molecule has 1 aromatic heterocycles. The van der Waals surface area contributed by atoms with Crippen LogP contribution in [0.15, 0.2) is 36.4 Å². The first-order valence-electron chi connectivity index (χ1n) is 8.13. The number of carbonyl (C=O) groups excluding carboxylic acids is 1. The number of carbonyl (C=O) groups is 1. The molecule has 0 bridgehead atoms. The van der Waals surface area contributed by atoms with Gasteiger partial charge in [-0.15, -0.1) is 5.10 Å². The lowest BCUT2D eigenvalue weighted by Crippen LogP contribution is -2.18. The molecule has 2 aromatic rings. The van der Waals surface area contributed by atoms with Crippen LogP contribution in [0.2, 0.25) is 0 Å². The van der Waals surface area contributed by atoms with Gasteiger partial charge in [0.2, 0.25) is 0 Å². The number of anilines is 2. The molecule has 1 fully saturated rings. The highest BCUT2D eigenvalue weighted by atomic mass is 16.1. The molecule has 5 heteroatoms. The second kappa shape index (κ2) is 6.77. The molecule has 0 spiro atoms. The molecule has 1 N–H and O–H groups in total. The standard InChI is InChI=1S/C18H22N4O/c1-13(2)16-9-10-17(21-20-16)18(23)19-14-5-7-15(8-6-14)22-11-3-4-12-22/h5-10,13H,3-4,11-12H2,1-2H3,(H,19,23). The van der Waals surface area contributed by atoms with Crippen LogP contribution >= 0.6 is 0 Å². The van der Waals surface area contributed by atoms with Crippen molar-refractivity contribution in [3.8, 4) is 0 Å². The monoisotopic (exact) mass is 310 g/mol. The topological polar surface area (TPSA) is 58.1 Å². The van der Waals surface area contributed by atoms with E-state index in [1.807, 2.05) is 32.0 Å². The zero-order chi connectivity index (χ0) is 16.2. The summed E-state index contributed by atoms with van der Waals surface area (Å²) in [5, 5.41) is 11.0. The summed E-state index contributed by atoms with van der Waals surface area (Å²) in [5.41, 5.74) is 3.20. The Labute approximate surface area is 136 Å². The molecule has 2 heterocycles. The van der Waals surface area contributed by atoms with E-state index in [-0.39, 0.29) is 5.91 Å². The van der Waals surface area contributed by atoms with E-state index in [4.69, 9.17) is 0 Å². The molecule has 0 aliphatic carbocycles. The van der Waals surface area contributed by atoms with Gasteiger partial charge in [0.15, 0.2) is 5.69 Å². The molecule has 1 aliphatic rings. The van der Waals surface area contributed by atoms with Crippen LogP contribution < -0.4 is 10.2 Å². The minimum Gasteiger partial charge on any atom is -0.372 e. The van der Waals surface area contributed by atoms with Gasteiger partial charge in [-0.25, -0.2) is 0 Å². The quantitative estimate of drug-likeness (QED) is 0.939. The summed E-state index contributed by atoms with van der Waals surface area (Å²) in [6.45, 7) is 6.32. The van der Waals surface area contributed by atoms with Crippen molar-refractivity contribution in [3.63, 3.8) is 0 Å². The maximum absolute atomic E-state index is 12.2. The predicted octanol–water partition coefficient (Wildman–Crippen LogP) is 3.45. The van der Waals surface area contributed by atoms with Crippen LogP contribution in [-0.2, 0) is 0 Å². The van der Waals surface area contributed by atoms with E-state index in [2.05, 4.69) is 32.5 Å². The third-order valence-corrected chi connectivity index (χ3v) is 4.11. The highest BCUT2D eigenvalue weighted by molar-refractivity contribution is 6.02. The van der Waals surface area contributed by atoms with Crippen molar-refractivity contribution in [1.82, 2.24) is 10.2 Å². The average molecular weight is 310 g/mol. The van der Waals surface area contributed by atoms with Crippen LogP contribution in [0.5, 0.6) is 0 Å². The van der Waals surface area contributed by atoms with Gasteiger partial charge in [0.05, 0.1) is 5.69 Å². The number of rotatable bonds is 4. The summed E-state index contributed by atoms with van der Waals surface area (Å²) in [7, 11) is 0. The number of amides is 1. The van der Waals surface area contributed by atoms with E-state index in [9.17, 15) is 4.79 Å². The maximum Gasteiger partial charge on any atom is 0.276 e. The first-order chi connectivity index (χ1) is 11.1. The second-order valence-electron chi connectivity index (χ2n) is 6.19. The second-order valence-corrected chi connectivity index (χ2v) is 6.19. The summed E-state index contributed by atoms with van der Waals surface area (Å²) in [6, 6.07) is 11.5. The van der Waals surface area contributed by atoms with E-state index in [0.29, 0.717) is 11.6 Å². The van der Waals surface area contributed by atoms with Gasteiger partial charge >= 0.3 is 0 Å². The van der Waals surface area contributed by atoms with Crippen LogP contribution in [0.4, 0.5) is 11.4 Å².